The highest BCUT2D eigenvalue weighted by Gasteiger charge is 2.30. The molecule has 2 atom stereocenters. The van der Waals surface area contributed by atoms with Crippen LogP contribution in [0.4, 0.5) is 0 Å². The molecule has 2 aromatic heterocycles. The van der Waals surface area contributed by atoms with Gasteiger partial charge in [-0.25, -0.2) is 9.97 Å². The number of nitrogens with one attached hydrogen (secondary N) is 2. The van der Waals surface area contributed by atoms with Crippen LogP contribution in [0.5, 0.6) is 17.2 Å². The van der Waals surface area contributed by atoms with Crippen LogP contribution in [0, 0.1) is 11.8 Å². The quantitative estimate of drug-likeness (QED) is 0.421. The van der Waals surface area contributed by atoms with E-state index in [9.17, 15) is 14.7 Å². The summed E-state index contributed by atoms with van der Waals surface area (Å²) in [5, 5.41) is 12.5. The van der Waals surface area contributed by atoms with Gasteiger partial charge in [-0.2, -0.15) is 0 Å². The Kier molecular flexibility index (Phi) is 6.07. The van der Waals surface area contributed by atoms with Crippen molar-refractivity contribution in [3.8, 4) is 28.6 Å². The number of carbonyl (C=O) groups is 2. The molecular formula is C26H29N5O6. The number of hydrogen-bond donors (Lipinski definition) is 3. The third-order valence-corrected chi connectivity index (χ3v) is 7.06. The molecular weight excluding hydrogens is 478 g/mol. The van der Waals surface area contributed by atoms with Gasteiger partial charge in [-0.05, 0) is 50.2 Å². The maximum atomic E-state index is 13.1. The molecule has 0 bridgehead atoms. The Bertz CT molecular complexity index is 1350. The zero-order valence-corrected chi connectivity index (χ0v) is 20.5. The summed E-state index contributed by atoms with van der Waals surface area (Å²) in [5.41, 5.74) is 2.14. The lowest BCUT2D eigenvalue weighted by Crippen LogP contribution is -2.37. The standard InChI is InChI=1S/C26H29N5O6/c1-14(32)26(34)31-7-6-16(11-31)8-29-25(33)17-9-27-18-10-28-24(30-22(17)18)21-19(35-12-15-2-3-15)4-5-20-23(21)37-13-36-20/h4-5,9-10,14-16,27,32H,2-3,6-8,11-13H2,1H3,(H,29,33)/t14-,16?/m0/s1. The van der Waals surface area contributed by atoms with Crippen molar-refractivity contribution in [1.29, 1.82) is 0 Å². The molecule has 3 aromatic rings. The molecule has 2 aliphatic heterocycles. The molecule has 11 nitrogen and oxygen atoms in total. The highest BCUT2D eigenvalue weighted by atomic mass is 16.7. The van der Waals surface area contributed by atoms with E-state index in [1.165, 1.54) is 19.8 Å². The van der Waals surface area contributed by atoms with Gasteiger partial charge in [-0.1, -0.05) is 0 Å². The van der Waals surface area contributed by atoms with Crippen LogP contribution < -0.4 is 19.5 Å². The van der Waals surface area contributed by atoms with E-state index in [1.807, 2.05) is 12.1 Å². The summed E-state index contributed by atoms with van der Waals surface area (Å²) in [6, 6.07) is 3.66. The fraction of sp³-hybridized carbons (Fsp3) is 0.462. The van der Waals surface area contributed by atoms with Gasteiger partial charge in [-0.15, -0.1) is 0 Å². The molecule has 11 heteroatoms. The smallest absolute Gasteiger partial charge is 0.255 e. The molecule has 3 N–H and O–H groups in total. The zero-order chi connectivity index (χ0) is 25.5. The van der Waals surface area contributed by atoms with Crippen LogP contribution in [0.25, 0.3) is 22.4 Å². The van der Waals surface area contributed by atoms with Gasteiger partial charge in [0.05, 0.1) is 23.9 Å². The van der Waals surface area contributed by atoms with E-state index >= 15 is 0 Å². The van der Waals surface area contributed by atoms with Gasteiger partial charge in [0.1, 0.15) is 22.9 Å². The van der Waals surface area contributed by atoms with Crippen LogP contribution in [-0.2, 0) is 4.79 Å². The van der Waals surface area contributed by atoms with Crippen LogP contribution in [0.1, 0.15) is 36.5 Å². The topological polar surface area (TPSA) is 139 Å². The lowest BCUT2D eigenvalue weighted by Gasteiger charge is -2.18. The van der Waals surface area contributed by atoms with Crippen LogP contribution in [0.15, 0.2) is 24.5 Å². The molecule has 1 unspecified atom stereocenters. The van der Waals surface area contributed by atoms with E-state index in [4.69, 9.17) is 19.2 Å². The molecule has 6 rings (SSSR count). The number of amides is 2. The fourth-order valence-corrected chi connectivity index (χ4v) is 4.78. The van der Waals surface area contributed by atoms with Gasteiger partial charge in [0, 0.05) is 25.8 Å². The number of H-pyrrole nitrogens is 1. The lowest BCUT2D eigenvalue weighted by molar-refractivity contribution is -0.138. The number of aliphatic hydroxyl groups is 1. The first-order valence-electron chi connectivity index (χ1n) is 12.6. The first kappa shape index (κ1) is 23.5. The average molecular weight is 508 g/mol. The third kappa shape index (κ3) is 4.66. The summed E-state index contributed by atoms with van der Waals surface area (Å²) >= 11 is 0. The SMILES string of the molecule is C[C@H](O)C(=O)N1CCC(CNC(=O)c2c[nH]c3cnc(-c4c(OCC5CC5)ccc5c4OCO5)nc23)C1. The molecule has 0 radical (unpaired) electrons. The summed E-state index contributed by atoms with van der Waals surface area (Å²) in [6.45, 7) is 3.70. The van der Waals surface area contributed by atoms with Gasteiger partial charge in [0.2, 0.25) is 6.79 Å². The van der Waals surface area contributed by atoms with E-state index in [-0.39, 0.29) is 24.5 Å². The molecule has 2 fully saturated rings. The van der Waals surface area contributed by atoms with Crippen molar-refractivity contribution in [3.63, 3.8) is 0 Å². The number of nitrogens with zero attached hydrogens (tertiary/aromatic N) is 3. The van der Waals surface area contributed by atoms with Crippen LogP contribution in [-0.4, -0.2) is 75.9 Å². The first-order valence-corrected chi connectivity index (χ1v) is 12.6. The Balaban J connectivity index is 1.22. The second-order valence-electron chi connectivity index (χ2n) is 9.91. The first-order chi connectivity index (χ1) is 18.0. The molecule has 2 amide bonds. The molecule has 4 heterocycles. The van der Waals surface area contributed by atoms with Crippen molar-refractivity contribution >= 4 is 22.8 Å². The molecule has 3 aliphatic rings. The normalized spacial score (nSPS) is 19.3. The number of rotatable bonds is 8. The van der Waals surface area contributed by atoms with E-state index in [0.29, 0.717) is 77.4 Å². The minimum atomic E-state index is -1.02. The number of aromatic amines is 1. The Labute approximate surface area is 213 Å². The molecule has 0 spiro atoms. The predicted molar refractivity (Wildman–Crippen MR) is 132 cm³/mol. The second kappa shape index (κ2) is 9.55. The zero-order valence-electron chi connectivity index (χ0n) is 20.5. The van der Waals surface area contributed by atoms with Crippen molar-refractivity contribution < 1.29 is 28.9 Å². The summed E-state index contributed by atoms with van der Waals surface area (Å²) in [4.78, 5) is 39.1. The number of carbonyl (C=O) groups excluding carboxylic acids is 2. The fourth-order valence-electron chi connectivity index (χ4n) is 4.78. The van der Waals surface area contributed by atoms with E-state index in [1.54, 1.807) is 17.3 Å². The molecule has 194 valence electrons. The number of aromatic nitrogens is 3. The number of fused-ring (bicyclic) bond motifs is 2. The van der Waals surface area contributed by atoms with Crippen LogP contribution in [0.3, 0.4) is 0 Å². The van der Waals surface area contributed by atoms with Crippen molar-refractivity contribution in [2.75, 3.05) is 33.0 Å². The van der Waals surface area contributed by atoms with Crippen LogP contribution in [0.2, 0.25) is 0 Å². The number of ether oxygens (including phenoxy) is 3. The van der Waals surface area contributed by atoms with E-state index in [0.717, 1.165) is 6.42 Å². The predicted octanol–water partition coefficient (Wildman–Crippen LogP) is 2.10. The van der Waals surface area contributed by atoms with Gasteiger partial charge in [-0.3, -0.25) is 9.59 Å². The monoisotopic (exact) mass is 507 g/mol. The van der Waals surface area contributed by atoms with Gasteiger partial charge in [0.25, 0.3) is 11.8 Å². The highest BCUT2D eigenvalue weighted by Crippen LogP contribution is 2.46. The molecule has 37 heavy (non-hydrogen) atoms. The van der Waals surface area contributed by atoms with Crippen molar-refractivity contribution in [1.82, 2.24) is 25.2 Å². The summed E-state index contributed by atoms with van der Waals surface area (Å²) in [6.07, 6.45) is 5.35. The minimum absolute atomic E-state index is 0.107. The number of benzene rings is 1. The van der Waals surface area contributed by atoms with Gasteiger partial charge >= 0.3 is 0 Å². The Morgan fingerprint density at radius 2 is 2.14 bits per heavy atom. The number of hydrogen-bond acceptors (Lipinski definition) is 8. The summed E-state index contributed by atoms with van der Waals surface area (Å²) in [7, 11) is 0. The molecule has 1 aliphatic carbocycles. The van der Waals surface area contributed by atoms with Crippen molar-refractivity contribution in [2.24, 2.45) is 11.8 Å². The Morgan fingerprint density at radius 3 is 2.95 bits per heavy atom. The highest BCUT2D eigenvalue weighted by molar-refractivity contribution is 6.05. The lowest BCUT2D eigenvalue weighted by atomic mass is 10.1. The van der Waals surface area contributed by atoms with E-state index in [2.05, 4.69) is 15.3 Å². The van der Waals surface area contributed by atoms with Gasteiger partial charge in [0.15, 0.2) is 17.3 Å². The number of aliphatic hydroxyl groups excluding tert-OH is 1. The largest absolute Gasteiger partial charge is 0.492 e. The van der Waals surface area contributed by atoms with Crippen molar-refractivity contribution in [2.45, 2.75) is 32.3 Å². The minimum Gasteiger partial charge on any atom is -0.492 e. The van der Waals surface area contributed by atoms with Gasteiger partial charge < -0.3 is 34.5 Å². The number of likely N-dealkylation sites (tertiary alicyclic amines) is 1. The maximum absolute atomic E-state index is 13.1. The molecule has 1 saturated carbocycles. The Morgan fingerprint density at radius 1 is 1.27 bits per heavy atom. The summed E-state index contributed by atoms with van der Waals surface area (Å²) < 4.78 is 17.4. The van der Waals surface area contributed by atoms with Crippen molar-refractivity contribution in [3.05, 3.63) is 30.1 Å². The maximum Gasteiger partial charge on any atom is 0.255 e. The van der Waals surface area contributed by atoms with E-state index < -0.39 is 6.10 Å². The Hall–Kier alpha value is -3.86. The van der Waals surface area contributed by atoms with Crippen LogP contribution >= 0.6 is 0 Å². The third-order valence-electron chi connectivity index (χ3n) is 7.06. The molecule has 1 saturated heterocycles. The second-order valence-corrected chi connectivity index (χ2v) is 9.91. The molecule has 1 aromatic carbocycles. The average Bonchev–Trinajstić information content (AvgIpc) is 3.26. The summed E-state index contributed by atoms with van der Waals surface area (Å²) in [5.74, 6) is 2.29.